The number of thiophene rings is 1. The first-order chi connectivity index (χ1) is 13.8. The van der Waals surface area contributed by atoms with Crippen LogP contribution in [0.15, 0.2) is 41.8 Å². The van der Waals surface area contributed by atoms with Gasteiger partial charge < -0.3 is 14.5 Å². The maximum absolute atomic E-state index is 13.1. The van der Waals surface area contributed by atoms with Crippen molar-refractivity contribution in [3.8, 4) is 10.4 Å². The number of morpholine rings is 1. The summed E-state index contributed by atoms with van der Waals surface area (Å²) < 4.78 is 6.10. The maximum atomic E-state index is 13.1. The molecule has 1 atom stereocenters. The molecular weight excluding hydrogens is 384 g/mol. The number of nitrogens with zero attached hydrogens (tertiary/aromatic N) is 2. The lowest BCUT2D eigenvalue weighted by molar-refractivity contribution is -0.172. The van der Waals surface area contributed by atoms with Gasteiger partial charge in [-0.1, -0.05) is 44.2 Å². The molecule has 29 heavy (non-hydrogen) atoms. The molecule has 0 bridgehead atoms. The topological polar surface area (TPSA) is 49.9 Å². The molecule has 1 aliphatic rings. The molecule has 0 spiro atoms. The van der Waals surface area contributed by atoms with Gasteiger partial charge in [-0.2, -0.15) is 0 Å². The molecule has 1 aliphatic heterocycles. The van der Waals surface area contributed by atoms with Gasteiger partial charge in [0.25, 0.3) is 5.91 Å². The molecule has 0 saturated carbocycles. The van der Waals surface area contributed by atoms with Crippen molar-refractivity contribution in [3.05, 3.63) is 47.3 Å². The summed E-state index contributed by atoms with van der Waals surface area (Å²) in [7, 11) is 3.48. The third-order valence-corrected chi connectivity index (χ3v) is 6.09. The fourth-order valence-electron chi connectivity index (χ4n) is 3.75. The van der Waals surface area contributed by atoms with Crippen molar-refractivity contribution in [1.82, 2.24) is 9.80 Å². The van der Waals surface area contributed by atoms with Gasteiger partial charge in [0.2, 0.25) is 5.91 Å². The van der Waals surface area contributed by atoms with E-state index in [1.807, 2.05) is 19.9 Å². The summed E-state index contributed by atoms with van der Waals surface area (Å²) in [5.41, 5.74) is 1.15. The summed E-state index contributed by atoms with van der Waals surface area (Å²) >= 11 is 1.70. The first-order valence-electron chi connectivity index (χ1n) is 10.1. The van der Waals surface area contributed by atoms with Crippen molar-refractivity contribution in [2.75, 3.05) is 33.8 Å². The minimum atomic E-state index is -1.04. The Balaban J connectivity index is 1.83. The molecule has 156 valence electrons. The molecule has 6 heteroatoms. The Bertz CT molecular complexity index is 830. The zero-order chi connectivity index (χ0) is 21.0. The van der Waals surface area contributed by atoms with E-state index in [-0.39, 0.29) is 17.7 Å². The largest absolute Gasteiger partial charge is 0.361 e. The van der Waals surface area contributed by atoms with Crippen LogP contribution in [0.1, 0.15) is 25.8 Å². The Labute approximate surface area is 177 Å². The number of hydrogen-bond acceptors (Lipinski definition) is 4. The van der Waals surface area contributed by atoms with Crippen LogP contribution >= 0.6 is 11.3 Å². The molecule has 3 rings (SSSR count). The smallest absolute Gasteiger partial charge is 0.256 e. The van der Waals surface area contributed by atoms with Gasteiger partial charge in [0, 0.05) is 38.4 Å². The molecule has 1 fully saturated rings. The van der Waals surface area contributed by atoms with Crippen LogP contribution in [0, 0.1) is 5.92 Å². The van der Waals surface area contributed by atoms with E-state index in [0.717, 1.165) is 11.1 Å². The third-order valence-electron chi connectivity index (χ3n) is 5.17. The molecule has 0 N–H and O–H groups in total. The lowest BCUT2D eigenvalue weighted by Gasteiger charge is -2.43. The quantitative estimate of drug-likeness (QED) is 0.724. The van der Waals surface area contributed by atoms with Gasteiger partial charge in [0.1, 0.15) is 0 Å². The second kappa shape index (κ2) is 9.09. The van der Waals surface area contributed by atoms with Crippen molar-refractivity contribution < 1.29 is 14.3 Å². The molecule has 0 radical (unpaired) electrons. The van der Waals surface area contributed by atoms with E-state index >= 15 is 0 Å². The van der Waals surface area contributed by atoms with Crippen LogP contribution in [0.3, 0.4) is 0 Å². The second-order valence-electron chi connectivity index (χ2n) is 8.31. The van der Waals surface area contributed by atoms with E-state index in [0.29, 0.717) is 32.5 Å². The van der Waals surface area contributed by atoms with Crippen molar-refractivity contribution in [2.24, 2.45) is 5.92 Å². The maximum Gasteiger partial charge on any atom is 0.256 e. The van der Waals surface area contributed by atoms with Gasteiger partial charge in [-0.05, 0) is 28.5 Å². The van der Waals surface area contributed by atoms with Crippen molar-refractivity contribution in [3.63, 3.8) is 0 Å². The highest BCUT2D eigenvalue weighted by atomic mass is 32.1. The van der Waals surface area contributed by atoms with Crippen LogP contribution < -0.4 is 0 Å². The second-order valence-corrected chi connectivity index (χ2v) is 9.25. The summed E-state index contributed by atoms with van der Waals surface area (Å²) in [6.45, 7) is 5.27. The zero-order valence-corrected chi connectivity index (χ0v) is 18.5. The Hall–Kier alpha value is -2.18. The Kier molecular flexibility index (Phi) is 6.75. The first kappa shape index (κ1) is 21.5. The number of carbonyl (C=O) groups is 2. The van der Waals surface area contributed by atoms with E-state index in [2.05, 4.69) is 35.7 Å². The Morgan fingerprint density at radius 1 is 1.21 bits per heavy atom. The van der Waals surface area contributed by atoms with E-state index < -0.39 is 5.60 Å². The number of ether oxygens (including phenoxy) is 1. The molecule has 1 aromatic carbocycles. The number of carbonyl (C=O) groups excluding carboxylic acids is 2. The number of amides is 2. The Morgan fingerprint density at radius 2 is 1.93 bits per heavy atom. The van der Waals surface area contributed by atoms with E-state index in [1.165, 1.54) is 4.88 Å². The monoisotopic (exact) mass is 414 g/mol. The van der Waals surface area contributed by atoms with E-state index in [1.54, 1.807) is 35.2 Å². The summed E-state index contributed by atoms with van der Waals surface area (Å²) in [5, 5.41) is 2.06. The predicted octanol–water partition coefficient (Wildman–Crippen LogP) is 3.69. The summed E-state index contributed by atoms with van der Waals surface area (Å²) in [6.07, 6.45) is 0.932. The minimum Gasteiger partial charge on any atom is -0.361 e. The molecule has 1 aromatic heterocycles. The van der Waals surface area contributed by atoms with Gasteiger partial charge in [-0.15, -0.1) is 11.3 Å². The molecule has 2 heterocycles. The van der Waals surface area contributed by atoms with Gasteiger partial charge >= 0.3 is 0 Å². The molecule has 1 saturated heterocycles. The van der Waals surface area contributed by atoms with Crippen LogP contribution in [0.25, 0.3) is 10.4 Å². The minimum absolute atomic E-state index is 0.0901. The molecule has 0 aliphatic carbocycles. The van der Waals surface area contributed by atoms with Gasteiger partial charge in [0.05, 0.1) is 13.2 Å². The average molecular weight is 415 g/mol. The number of likely N-dealkylation sites (N-methyl/N-ethyl adjacent to an activating group) is 1. The van der Waals surface area contributed by atoms with Crippen LogP contribution in [0.2, 0.25) is 0 Å². The van der Waals surface area contributed by atoms with Crippen molar-refractivity contribution in [2.45, 2.75) is 32.3 Å². The molecule has 1 unspecified atom stereocenters. The normalized spacial score (nSPS) is 19.4. The highest BCUT2D eigenvalue weighted by Crippen LogP contribution is 2.29. The fourth-order valence-corrected chi connectivity index (χ4v) is 4.49. The van der Waals surface area contributed by atoms with Crippen LogP contribution in [-0.2, 0) is 20.7 Å². The van der Waals surface area contributed by atoms with Crippen LogP contribution in [0.4, 0.5) is 0 Å². The van der Waals surface area contributed by atoms with Gasteiger partial charge in [-0.25, -0.2) is 0 Å². The lowest BCUT2D eigenvalue weighted by atomic mass is 9.90. The predicted molar refractivity (Wildman–Crippen MR) is 117 cm³/mol. The van der Waals surface area contributed by atoms with Gasteiger partial charge in [0.15, 0.2) is 5.60 Å². The van der Waals surface area contributed by atoms with Crippen LogP contribution in [-0.4, -0.2) is 61.0 Å². The highest BCUT2D eigenvalue weighted by molar-refractivity contribution is 7.13. The SMILES string of the molecule is CC(C)CC(=O)N1CCOC(Cc2ccc(-c3cccs3)cc2)(C(=O)N(C)C)C1. The molecular formula is C23H30N2O3S. The zero-order valence-electron chi connectivity index (χ0n) is 17.7. The van der Waals surface area contributed by atoms with E-state index in [4.69, 9.17) is 4.74 Å². The standard InChI is InChI=1S/C23H30N2O3S/c1-17(2)14-21(26)25-11-12-28-23(16-25,22(27)24(3)4)15-18-7-9-19(10-8-18)20-6-5-13-29-20/h5-10,13,17H,11-12,14-16H2,1-4H3. The van der Waals surface area contributed by atoms with Crippen molar-refractivity contribution >= 4 is 23.2 Å². The summed E-state index contributed by atoms with van der Waals surface area (Å²) in [5.74, 6) is 0.281. The first-order valence-corrected chi connectivity index (χ1v) is 10.9. The number of benzene rings is 1. The van der Waals surface area contributed by atoms with Gasteiger partial charge in [-0.3, -0.25) is 9.59 Å². The summed E-state index contributed by atoms with van der Waals surface area (Å²) in [6, 6.07) is 12.4. The molecule has 2 aromatic rings. The Morgan fingerprint density at radius 3 is 2.52 bits per heavy atom. The number of hydrogen-bond donors (Lipinski definition) is 0. The van der Waals surface area contributed by atoms with E-state index in [9.17, 15) is 9.59 Å². The molecule has 2 amide bonds. The fraction of sp³-hybridized carbons (Fsp3) is 0.478. The average Bonchev–Trinajstić information content (AvgIpc) is 3.22. The van der Waals surface area contributed by atoms with Crippen LogP contribution in [0.5, 0.6) is 0 Å². The van der Waals surface area contributed by atoms with Crippen molar-refractivity contribution in [1.29, 1.82) is 0 Å². The summed E-state index contributed by atoms with van der Waals surface area (Å²) in [4.78, 5) is 30.4. The number of rotatable bonds is 6. The highest BCUT2D eigenvalue weighted by Gasteiger charge is 2.45. The molecule has 5 nitrogen and oxygen atoms in total. The third kappa shape index (κ3) is 5.06. The lowest BCUT2D eigenvalue weighted by Crippen LogP contribution is -2.61.